The molecular formula is C34H30ClN3O4S. The van der Waals surface area contributed by atoms with Gasteiger partial charge in [-0.15, -0.1) is 0 Å². The number of hydrazone groups is 1. The molecule has 0 radical (unpaired) electrons. The Hall–Kier alpha value is -4.50. The van der Waals surface area contributed by atoms with Crippen LogP contribution in [-0.2, 0) is 27.9 Å². The molecule has 7 nitrogen and oxygen atoms in total. The number of sulfonamides is 1. The Balaban J connectivity index is 1.32. The molecule has 0 bridgehead atoms. The zero-order chi connectivity index (χ0) is 30.2. The maximum absolute atomic E-state index is 13.6. The van der Waals surface area contributed by atoms with E-state index in [1.165, 1.54) is 22.7 Å². The van der Waals surface area contributed by atoms with E-state index in [0.29, 0.717) is 16.5 Å². The molecule has 9 heteroatoms. The van der Waals surface area contributed by atoms with Gasteiger partial charge in [-0.3, -0.25) is 4.79 Å². The third kappa shape index (κ3) is 7.67. The van der Waals surface area contributed by atoms with Gasteiger partial charge < -0.3 is 4.42 Å². The van der Waals surface area contributed by atoms with E-state index >= 15 is 0 Å². The summed E-state index contributed by atoms with van der Waals surface area (Å²) in [6, 6.07) is 36.1. The first kappa shape index (κ1) is 30.0. The van der Waals surface area contributed by atoms with Crippen molar-refractivity contribution in [1.29, 1.82) is 0 Å². The van der Waals surface area contributed by atoms with Crippen LogP contribution in [0.2, 0.25) is 5.02 Å². The number of hydrogen-bond donors (Lipinski definition) is 1. The van der Waals surface area contributed by atoms with Crippen molar-refractivity contribution in [2.45, 2.75) is 30.8 Å². The molecule has 0 spiro atoms. The highest BCUT2D eigenvalue weighted by Crippen LogP contribution is 2.25. The van der Waals surface area contributed by atoms with Gasteiger partial charge in [-0.05, 0) is 60.0 Å². The monoisotopic (exact) mass is 611 g/mol. The molecule has 4 aromatic carbocycles. The molecule has 43 heavy (non-hydrogen) atoms. The summed E-state index contributed by atoms with van der Waals surface area (Å²) in [6.45, 7) is 2.11. The summed E-state index contributed by atoms with van der Waals surface area (Å²) >= 11 is 6.00. The molecule has 0 unspecified atom stereocenters. The van der Waals surface area contributed by atoms with Crippen LogP contribution in [0.1, 0.15) is 39.7 Å². The lowest BCUT2D eigenvalue weighted by atomic mass is 9.91. The number of nitrogens with one attached hydrogen (secondary N) is 1. The molecule has 0 atom stereocenters. The van der Waals surface area contributed by atoms with Crippen molar-refractivity contribution in [1.82, 2.24) is 9.73 Å². The standard InChI is InChI=1S/C34H30ClN3O4S/c1-25-12-14-26(15-13-25)23-38(43(40,41)32-20-16-29(35)17-21-32)24-31-19-18-30(42-31)22-36-37-34(39)33(27-8-4-2-5-9-27)28-10-6-3-7-11-28/h2-22,33H,23-24H2,1H3,(H,37,39)/b36-22-. The fraction of sp³-hybridized carbons (Fsp3) is 0.118. The molecule has 5 rings (SSSR count). The largest absolute Gasteiger partial charge is 0.459 e. The molecule has 1 aromatic heterocycles. The average Bonchev–Trinajstić information content (AvgIpc) is 3.46. The summed E-state index contributed by atoms with van der Waals surface area (Å²) in [5, 5.41) is 4.57. The quantitative estimate of drug-likeness (QED) is 0.130. The number of halogens is 1. The summed E-state index contributed by atoms with van der Waals surface area (Å²) in [4.78, 5) is 13.3. The smallest absolute Gasteiger partial charge is 0.252 e. The van der Waals surface area contributed by atoms with Gasteiger partial charge in [-0.1, -0.05) is 102 Å². The van der Waals surface area contributed by atoms with Gasteiger partial charge in [0.1, 0.15) is 11.5 Å². The predicted octanol–water partition coefficient (Wildman–Crippen LogP) is 6.91. The molecule has 1 heterocycles. The number of carbonyl (C=O) groups excluding carboxylic acids is 1. The first-order chi connectivity index (χ1) is 20.8. The van der Waals surface area contributed by atoms with Gasteiger partial charge in [0.25, 0.3) is 5.91 Å². The highest BCUT2D eigenvalue weighted by Gasteiger charge is 2.26. The van der Waals surface area contributed by atoms with Crippen molar-refractivity contribution in [2.24, 2.45) is 5.10 Å². The summed E-state index contributed by atoms with van der Waals surface area (Å²) in [5.74, 6) is -0.0480. The van der Waals surface area contributed by atoms with Crippen LogP contribution in [0.25, 0.3) is 0 Å². The highest BCUT2D eigenvalue weighted by molar-refractivity contribution is 7.89. The normalized spacial score (nSPS) is 11.8. The molecule has 0 aliphatic heterocycles. The van der Waals surface area contributed by atoms with Crippen LogP contribution in [0, 0.1) is 6.92 Å². The molecule has 0 aliphatic carbocycles. The Labute approximate surface area is 256 Å². The average molecular weight is 612 g/mol. The number of aryl methyl sites for hydroxylation is 1. The van der Waals surface area contributed by atoms with Crippen LogP contribution in [0.3, 0.4) is 0 Å². The molecular weight excluding hydrogens is 582 g/mol. The minimum absolute atomic E-state index is 0.0108. The van der Waals surface area contributed by atoms with Gasteiger partial charge in [0, 0.05) is 11.6 Å². The second kappa shape index (κ2) is 13.6. The van der Waals surface area contributed by atoms with Crippen LogP contribution in [0.4, 0.5) is 0 Å². The molecule has 5 aromatic rings. The zero-order valence-corrected chi connectivity index (χ0v) is 25.0. The van der Waals surface area contributed by atoms with Crippen LogP contribution in [-0.4, -0.2) is 24.8 Å². The molecule has 1 N–H and O–H groups in total. The Morgan fingerprint density at radius 1 is 0.837 bits per heavy atom. The highest BCUT2D eigenvalue weighted by atomic mass is 35.5. The van der Waals surface area contributed by atoms with Crippen molar-refractivity contribution >= 4 is 33.7 Å². The lowest BCUT2D eigenvalue weighted by Gasteiger charge is -2.21. The van der Waals surface area contributed by atoms with Gasteiger partial charge >= 0.3 is 0 Å². The molecule has 0 saturated carbocycles. The number of benzene rings is 4. The van der Waals surface area contributed by atoms with Crippen molar-refractivity contribution in [3.63, 3.8) is 0 Å². The second-order valence-electron chi connectivity index (χ2n) is 10.0. The lowest BCUT2D eigenvalue weighted by molar-refractivity contribution is -0.121. The molecule has 0 fully saturated rings. The third-order valence-electron chi connectivity index (χ3n) is 6.84. The van der Waals surface area contributed by atoms with E-state index < -0.39 is 15.9 Å². The van der Waals surface area contributed by atoms with Crippen molar-refractivity contribution in [3.05, 3.63) is 160 Å². The van der Waals surface area contributed by atoms with Crippen LogP contribution in [0.15, 0.2) is 136 Å². The van der Waals surface area contributed by atoms with Crippen LogP contribution < -0.4 is 5.43 Å². The predicted molar refractivity (Wildman–Crippen MR) is 168 cm³/mol. The van der Waals surface area contributed by atoms with Crippen LogP contribution >= 0.6 is 11.6 Å². The number of amides is 1. The summed E-state index contributed by atoms with van der Waals surface area (Å²) in [6.07, 6.45) is 1.40. The summed E-state index contributed by atoms with van der Waals surface area (Å²) in [5.41, 5.74) is 6.23. The van der Waals surface area contributed by atoms with Gasteiger partial charge in [-0.2, -0.15) is 9.41 Å². The minimum Gasteiger partial charge on any atom is -0.459 e. The van der Waals surface area contributed by atoms with E-state index in [9.17, 15) is 13.2 Å². The summed E-state index contributed by atoms with van der Waals surface area (Å²) < 4.78 is 34.5. The zero-order valence-electron chi connectivity index (χ0n) is 23.4. The first-order valence-electron chi connectivity index (χ1n) is 13.6. The SMILES string of the molecule is Cc1ccc(CN(Cc2ccc(/C=N\NC(=O)C(c3ccccc3)c3ccccc3)o2)S(=O)(=O)c2ccc(Cl)cc2)cc1. The number of rotatable bonds is 11. The molecule has 1 amide bonds. The number of carbonyl (C=O) groups is 1. The Bertz CT molecular complexity index is 1750. The number of nitrogens with zero attached hydrogens (tertiary/aromatic N) is 2. The van der Waals surface area contributed by atoms with E-state index in [0.717, 1.165) is 22.3 Å². The summed E-state index contributed by atoms with van der Waals surface area (Å²) in [7, 11) is -3.88. The molecule has 0 saturated heterocycles. The Morgan fingerprint density at radius 3 is 2.05 bits per heavy atom. The topological polar surface area (TPSA) is 92.0 Å². The number of furan rings is 1. The van der Waals surface area contributed by atoms with Crippen molar-refractivity contribution in [3.8, 4) is 0 Å². The second-order valence-corrected chi connectivity index (χ2v) is 12.4. The number of hydrogen-bond acceptors (Lipinski definition) is 5. The fourth-order valence-corrected chi connectivity index (χ4v) is 6.13. The fourth-order valence-electron chi connectivity index (χ4n) is 4.61. The third-order valence-corrected chi connectivity index (χ3v) is 8.90. The van der Waals surface area contributed by atoms with Crippen molar-refractivity contribution < 1.29 is 17.6 Å². The van der Waals surface area contributed by atoms with Gasteiger partial charge in [0.15, 0.2) is 0 Å². The van der Waals surface area contributed by atoms with Crippen molar-refractivity contribution in [2.75, 3.05) is 0 Å². The van der Waals surface area contributed by atoms with E-state index in [4.69, 9.17) is 16.0 Å². The van der Waals surface area contributed by atoms with Crippen LogP contribution in [0.5, 0.6) is 0 Å². The van der Waals surface area contributed by atoms with E-state index in [2.05, 4.69) is 10.5 Å². The van der Waals surface area contributed by atoms with E-state index in [-0.39, 0.29) is 23.9 Å². The maximum Gasteiger partial charge on any atom is 0.252 e. The van der Waals surface area contributed by atoms with E-state index in [1.807, 2.05) is 91.9 Å². The maximum atomic E-state index is 13.6. The molecule has 0 aliphatic rings. The minimum atomic E-state index is -3.88. The molecule has 218 valence electrons. The first-order valence-corrected chi connectivity index (χ1v) is 15.4. The Morgan fingerprint density at radius 2 is 1.44 bits per heavy atom. The van der Waals surface area contributed by atoms with Gasteiger partial charge in [0.05, 0.1) is 23.6 Å². The van der Waals surface area contributed by atoms with Gasteiger partial charge in [-0.25, -0.2) is 13.8 Å². The van der Waals surface area contributed by atoms with Gasteiger partial charge in [0.2, 0.25) is 10.0 Å². The lowest BCUT2D eigenvalue weighted by Crippen LogP contribution is -2.30. The Kier molecular flexibility index (Phi) is 9.51. The van der Waals surface area contributed by atoms with E-state index in [1.54, 1.807) is 24.3 Å².